The van der Waals surface area contributed by atoms with E-state index in [1.165, 1.54) is 19.2 Å². The number of nitrogens with one attached hydrogen (secondary N) is 2. The van der Waals surface area contributed by atoms with Crippen LogP contribution < -0.4 is 20.5 Å². The highest BCUT2D eigenvalue weighted by Crippen LogP contribution is 2.32. The molecule has 1 amide bonds. The van der Waals surface area contributed by atoms with Gasteiger partial charge in [-0.3, -0.25) is 4.79 Å². The maximum Gasteiger partial charge on any atom is 0.251 e. The molecule has 25 heavy (non-hydrogen) atoms. The molecule has 7 nitrogen and oxygen atoms in total. The average molecular weight is 392 g/mol. The summed E-state index contributed by atoms with van der Waals surface area (Å²) < 4.78 is 32.5. The molecule has 0 bridgehead atoms. The van der Waals surface area contributed by atoms with Gasteiger partial charge in [0.05, 0.1) is 7.11 Å². The van der Waals surface area contributed by atoms with E-state index in [4.69, 9.17) is 10.5 Å². The molecule has 0 aromatic heterocycles. The first kappa shape index (κ1) is 21.7. The van der Waals surface area contributed by atoms with Crippen LogP contribution in [0.4, 0.5) is 0 Å². The highest BCUT2D eigenvalue weighted by atomic mass is 35.5. The minimum Gasteiger partial charge on any atom is -0.495 e. The lowest BCUT2D eigenvalue weighted by molar-refractivity contribution is 0.0933. The summed E-state index contributed by atoms with van der Waals surface area (Å²) in [6.07, 6.45) is 2.12. The van der Waals surface area contributed by atoms with E-state index in [9.17, 15) is 13.2 Å². The second-order valence-corrected chi connectivity index (χ2v) is 7.98. The van der Waals surface area contributed by atoms with Gasteiger partial charge in [-0.15, -0.1) is 12.4 Å². The average Bonchev–Trinajstić information content (AvgIpc) is 3.35. The summed E-state index contributed by atoms with van der Waals surface area (Å²) in [6, 6.07) is 4.02. The first-order chi connectivity index (χ1) is 11.3. The third kappa shape index (κ3) is 5.57. The molecule has 0 saturated heterocycles. The number of amides is 1. The molecule has 142 valence electrons. The summed E-state index contributed by atoms with van der Waals surface area (Å²) in [6.45, 7) is 3.82. The highest BCUT2D eigenvalue weighted by Gasteiger charge is 2.31. The fourth-order valence-electron chi connectivity index (χ4n) is 2.52. The van der Waals surface area contributed by atoms with Gasteiger partial charge in [-0.2, -0.15) is 0 Å². The number of hydrogen-bond acceptors (Lipinski definition) is 5. The van der Waals surface area contributed by atoms with E-state index in [1.807, 2.05) is 0 Å². The molecule has 1 atom stereocenters. The molecule has 4 N–H and O–H groups in total. The van der Waals surface area contributed by atoms with Crippen LogP contribution in [0.15, 0.2) is 23.1 Å². The Balaban J connectivity index is 0.00000312. The van der Waals surface area contributed by atoms with Crippen LogP contribution in [-0.2, 0) is 10.0 Å². The lowest BCUT2D eigenvalue weighted by Crippen LogP contribution is -2.41. The van der Waals surface area contributed by atoms with Crippen LogP contribution >= 0.6 is 12.4 Å². The third-order valence-corrected chi connectivity index (χ3v) is 5.55. The molecule has 1 aromatic carbocycles. The monoisotopic (exact) mass is 391 g/mol. The quantitative estimate of drug-likeness (QED) is 0.618. The van der Waals surface area contributed by atoms with Gasteiger partial charge in [0.2, 0.25) is 10.0 Å². The predicted octanol–water partition coefficient (Wildman–Crippen LogP) is 1.27. The summed E-state index contributed by atoms with van der Waals surface area (Å²) >= 11 is 0. The fraction of sp³-hybridized carbons (Fsp3) is 0.562. The van der Waals surface area contributed by atoms with Crippen LogP contribution in [-0.4, -0.2) is 40.1 Å². The summed E-state index contributed by atoms with van der Waals surface area (Å²) in [7, 11) is -2.39. The Hall–Kier alpha value is -1.35. The molecule has 1 saturated carbocycles. The SMILES string of the molecule is COc1ccc(C(=O)NC(CN)C2CC2)cc1S(=O)(=O)NC(C)C.Cl. The van der Waals surface area contributed by atoms with Crippen molar-refractivity contribution in [3.05, 3.63) is 23.8 Å². The van der Waals surface area contributed by atoms with Gasteiger partial charge in [-0.25, -0.2) is 13.1 Å². The Kier molecular flexibility index (Phi) is 7.67. The zero-order valence-corrected chi connectivity index (χ0v) is 16.2. The topological polar surface area (TPSA) is 111 Å². The lowest BCUT2D eigenvalue weighted by atomic mass is 10.1. The van der Waals surface area contributed by atoms with E-state index < -0.39 is 10.0 Å². The lowest BCUT2D eigenvalue weighted by Gasteiger charge is -2.17. The number of benzene rings is 1. The molecule has 1 aromatic rings. The van der Waals surface area contributed by atoms with E-state index in [0.29, 0.717) is 12.5 Å². The van der Waals surface area contributed by atoms with Crippen LogP contribution in [0.25, 0.3) is 0 Å². The van der Waals surface area contributed by atoms with Crippen molar-refractivity contribution in [3.8, 4) is 5.75 Å². The van der Waals surface area contributed by atoms with Crippen LogP contribution in [0, 0.1) is 5.92 Å². The second-order valence-electron chi connectivity index (χ2n) is 6.29. The zero-order chi connectivity index (χ0) is 17.9. The third-order valence-electron chi connectivity index (χ3n) is 3.87. The van der Waals surface area contributed by atoms with Crippen molar-refractivity contribution in [1.82, 2.24) is 10.0 Å². The summed E-state index contributed by atoms with van der Waals surface area (Å²) in [4.78, 5) is 12.4. The molecule has 1 unspecified atom stereocenters. The molecule has 0 radical (unpaired) electrons. The molecule has 9 heteroatoms. The maximum absolute atomic E-state index is 12.5. The summed E-state index contributed by atoms with van der Waals surface area (Å²) in [5.41, 5.74) is 5.96. The van der Waals surface area contributed by atoms with Crippen molar-refractivity contribution < 1.29 is 17.9 Å². The minimum atomic E-state index is -3.78. The number of ether oxygens (including phenoxy) is 1. The van der Waals surface area contributed by atoms with Gasteiger partial charge in [-0.1, -0.05) is 0 Å². The van der Waals surface area contributed by atoms with Gasteiger partial charge >= 0.3 is 0 Å². The van der Waals surface area contributed by atoms with Gasteiger partial charge in [0.1, 0.15) is 10.6 Å². The van der Waals surface area contributed by atoms with E-state index in [-0.39, 0.29) is 46.6 Å². The first-order valence-electron chi connectivity index (χ1n) is 7.99. The Morgan fingerprint density at radius 3 is 2.48 bits per heavy atom. The molecule has 0 heterocycles. The van der Waals surface area contributed by atoms with Crippen molar-refractivity contribution in [2.45, 2.75) is 43.7 Å². The normalized spacial score (nSPS) is 15.4. The standard InChI is InChI=1S/C16H25N3O4S.ClH/c1-10(2)19-24(21,22)15-8-12(6-7-14(15)23-3)16(20)18-13(9-17)11-4-5-11;/h6-8,10-11,13,19H,4-5,9,17H2,1-3H3,(H,18,20);1H. The second kappa shape index (κ2) is 8.84. The zero-order valence-electron chi connectivity index (χ0n) is 14.6. The van der Waals surface area contributed by atoms with E-state index in [1.54, 1.807) is 19.9 Å². The number of carbonyl (C=O) groups excluding carboxylic acids is 1. The highest BCUT2D eigenvalue weighted by molar-refractivity contribution is 7.89. The number of nitrogens with two attached hydrogens (primary N) is 1. The van der Waals surface area contributed by atoms with E-state index in [0.717, 1.165) is 12.8 Å². The fourth-order valence-corrected chi connectivity index (χ4v) is 3.97. The first-order valence-corrected chi connectivity index (χ1v) is 9.48. The smallest absolute Gasteiger partial charge is 0.251 e. The van der Waals surface area contributed by atoms with Gasteiger partial charge < -0.3 is 15.8 Å². The van der Waals surface area contributed by atoms with Crippen molar-refractivity contribution in [1.29, 1.82) is 0 Å². The Morgan fingerprint density at radius 2 is 2.00 bits per heavy atom. The van der Waals surface area contributed by atoms with E-state index in [2.05, 4.69) is 10.0 Å². The molecule has 2 rings (SSSR count). The van der Waals surface area contributed by atoms with Crippen molar-refractivity contribution in [2.24, 2.45) is 11.7 Å². The number of rotatable bonds is 8. The summed E-state index contributed by atoms with van der Waals surface area (Å²) in [5.74, 6) is 0.279. The van der Waals surface area contributed by atoms with Crippen LogP contribution in [0.3, 0.4) is 0 Å². The number of methoxy groups -OCH3 is 1. The van der Waals surface area contributed by atoms with Crippen LogP contribution in [0.2, 0.25) is 0 Å². The van der Waals surface area contributed by atoms with Crippen molar-refractivity contribution >= 4 is 28.3 Å². The van der Waals surface area contributed by atoms with E-state index >= 15 is 0 Å². The van der Waals surface area contributed by atoms with Gasteiger partial charge in [0.25, 0.3) is 5.91 Å². The van der Waals surface area contributed by atoms with Gasteiger partial charge in [-0.05, 0) is 50.8 Å². The number of hydrogen-bond donors (Lipinski definition) is 3. The molecule has 0 spiro atoms. The molecular weight excluding hydrogens is 366 g/mol. The number of sulfonamides is 1. The Morgan fingerprint density at radius 1 is 1.36 bits per heavy atom. The van der Waals surface area contributed by atoms with Crippen LogP contribution in [0.5, 0.6) is 5.75 Å². The largest absolute Gasteiger partial charge is 0.495 e. The molecule has 1 fully saturated rings. The van der Waals surface area contributed by atoms with Crippen molar-refractivity contribution in [3.63, 3.8) is 0 Å². The van der Waals surface area contributed by atoms with Gasteiger partial charge in [0.15, 0.2) is 0 Å². The predicted molar refractivity (Wildman–Crippen MR) is 98.7 cm³/mol. The molecule has 1 aliphatic carbocycles. The number of carbonyl (C=O) groups is 1. The Bertz CT molecular complexity index is 705. The van der Waals surface area contributed by atoms with Gasteiger partial charge in [0, 0.05) is 24.2 Å². The number of halogens is 1. The van der Waals surface area contributed by atoms with Crippen molar-refractivity contribution in [2.75, 3.05) is 13.7 Å². The minimum absolute atomic E-state index is 0. The molecule has 0 aliphatic heterocycles. The molecule has 1 aliphatic rings. The molecular formula is C16H26ClN3O4S. The summed E-state index contributed by atoms with van der Waals surface area (Å²) in [5, 5.41) is 2.88. The Labute approximate surface area is 155 Å². The maximum atomic E-state index is 12.5. The van der Waals surface area contributed by atoms with Crippen LogP contribution in [0.1, 0.15) is 37.0 Å².